The highest BCUT2D eigenvalue weighted by Crippen LogP contribution is 2.18. The molecule has 0 aliphatic heterocycles. The highest BCUT2D eigenvalue weighted by molar-refractivity contribution is 6.32. The zero-order valence-corrected chi connectivity index (χ0v) is 12.3. The first-order valence-corrected chi connectivity index (χ1v) is 6.85. The van der Waals surface area contributed by atoms with Gasteiger partial charge in [-0.3, -0.25) is 0 Å². The Morgan fingerprint density at radius 1 is 1.57 bits per heavy atom. The summed E-state index contributed by atoms with van der Waals surface area (Å²) in [6.07, 6.45) is 4.75. The van der Waals surface area contributed by atoms with Gasteiger partial charge in [-0.25, -0.2) is 14.5 Å². The van der Waals surface area contributed by atoms with Crippen molar-refractivity contribution >= 4 is 23.3 Å². The number of aliphatic hydroxyl groups is 1. The fourth-order valence-electron chi connectivity index (χ4n) is 1.78. The Morgan fingerprint density at radius 3 is 3.05 bits per heavy atom. The van der Waals surface area contributed by atoms with E-state index in [1.54, 1.807) is 24.5 Å². The number of hydrogen-bond donors (Lipinski definition) is 2. The van der Waals surface area contributed by atoms with Crippen LogP contribution >= 0.6 is 11.6 Å². The molecule has 0 aliphatic carbocycles. The summed E-state index contributed by atoms with van der Waals surface area (Å²) in [6.45, 7) is 2.55. The van der Waals surface area contributed by atoms with E-state index in [2.05, 4.69) is 15.4 Å². The summed E-state index contributed by atoms with van der Waals surface area (Å²) in [7, 11) is 0. The van der Waals surface area contributed by atoms with Crippen molar-refractivity contribution < 1.29 is 9.90 Å². The Morgan fingerprint density at radius 2 is 2.38 bits per heavy atom. The van der Waals surface area contributed by atoms with Crippen LogP contribution in [0.5, 0.6) is 0 Å². The lowest BCUT2D eigenvalue weighted by atomic mass is 10.4. The minimum Gasteiger partial charge on any atom is -0.395 e. The number of nitrogens with zero attached hydrogens (tertiary/aromatic N) is 4. The van der Waals surface area contributed by atoms with Crippen LogP contribution in [0.3, 0.4) is 0 Å². The molecule has 2 amide bonds. The van der Waals surface area contributed by atoms with E-state index in [-0.39, 0.29) is 19.2 Å². The SMILES string of the molecule is CCN(CCO)C(=O)Nc1cnn(-c2ncccc2Cl)c1. The maximum atomic E-state index is 12.0. The van der Waals surface area contributed by atoms with Crippen LogP contribution in [-0.4, -0.2) is 50.5 Å². The van der Waals surface area contributed by atoms with Gasteiger partial charge in [-0.05, 0) is 19.1 Å². The molecule has 0 fully saturated rings. The van der Waals surface area contributed by atoms with Crippen molar-refractivity contribution in [2.45, 2.75) is 6.92 Å². The molecule has 0 spiro atoms. The minimum atomic E-state index is -0.293. The molecule has 0 aliphatic rings. The molecule has 2 rings (SSSR count). The summed E-state index contributed by atoms with van der Waals surface area (Å²) < 4.78 is 1.49. The topological polar surface area (TPSA) is 83.3 Å². The van der Waals surface area contributed by atoms with Crippen LogP contribution in [0.2, 0.25) is 5.02 Å². The average molecular weight is 310 g/mol. The summed E-state index contributed by atoms with van der Waals surface area (Å²) in [5, 5.41) is 16.2. The molecule has 21 heavy (non-hydrogen) atoms. The average Bonchev–Trinajstić information content (AvgIpc) is 2.93. The number of nitrogens with one attached hydrogen (secondary N) is 1. The summed E-state index contributed by atoms with van der Waals surface area (Å²) >= 11 is 6.04. The van der Waals surface area contributed by atoms with Crippen LogP contribution in [-0.2, 0) is 0 Å². The van der Waals surface area contributed by atoms with Crippen molar-refractivity contribution in [1.82, 2.24) is 19.7 Å². The molecule has 0 bridgehead atoms. The van der Waals surface area contributed by atoms with Gasteiger partial charge in [-0.1, -0.05) is 11.6 Å². The summed E-state index contributed by atoms with van der Waals surface area (Å²) in [4.78, 5) is 17.6. The minimum absolute atomic E-state index is 0.0793. The van der Waals surface area contributed by atoms with E-state index in [0.717, 1.165) is 0 Å². The lowest BCUT2D eigenvalue weighted by Gasteiger charge is -2.19. The number of rotatable bonds is 5. The molecule has 0 saturated heterocycles. The van der Waals surface area contributed by atoms with Gasteiger partial charge in [0.1, 0.15) is 0 Å². The van der Waals surface area contributed by atoms with Crippen molar-refractivity contribution in [2.24, 2.45) is 0 Å². The maximum Gasteiger partial charge on any atom is 0.322 e. The van der Waals surface area contributed by atoms with Crippen molar-refractivity contribution in [2.75, 3.05) is 25.0 Å². The van der Waals surface area contributed by atoms with E-state index >= 15 is 0 Å². The maximum absolute atomic E-state index is 12.0. The van der Waals surface area contributed by atoms with Gasteiger partial charge < -0.3 is 15.3 Å². The van der Waals surface area contributed by atoms with Crippen LogP contribution < -0.4 is 5.32 Å². The normalized spacial score (nSPS) is 10.4. The number of amides is 2. The molecule has 0 aromatic carbocycles. The number of anilines is 1. The lowest BCUT2D eigenvalue weighted by Crippen LogP contribution is -2.36. The number of carbonyl (C=O) groups is 1. The van der Waals surface area contributed by atoms with Gasteiger partial charge in [0, 0.05) is 19.3 Å². The van der Waals surface area contributed by atoms with Crippen LogP contribution in [0.25, 0.3) is 5.82 Å². The third-order valence-electron chi connectivity index (χ3n) is 2.83. The molecule has 112 valence electrons. The van der Waals surface area contributed by atoms with Gasteiger partial charge in [0.25, 0.3) is 0 Å². The molecule has 0 saturated carbocycles. The standard InChI is InChI=1S/C13H16ClN5O2/c1-2-18(6-7-20)13(21)17-10-8-16-19(9-10)12-11(14)4-3-5-15-12/h3-5,8-9,20H,2,6-7H2,1H3,(H,17,21). The highest BCUT2D eigenvalue weighted by Gasteiger charge is 2.13. The monoisotopic (exact) mass is 309 g/mol. The molecule has 0 radical (unpaired) electrons. The van der Waals surface area contributed by atoms with E-state index in [9.17, 15) is 4.79 Å². The first-order chi connectivity index (χ1) is 10.2. The number of urea groups is 1. The van der Waals surface area contributed by atoms with Crippen molar-refractivity contribution in [3.63, 3.8) is 0 Å². The fraction of sp³-hybridized carbons (Fsp3) is 0.308. The van der Waals surface area contributed by atoms with Gasteiger partial charge in [0.2, 0.25) is 0 Å². The van der Waals surface area contributed by atoms with Gasteiger partial charge in [0.15, 0.2) is 5.82 Å². The van der Waals surface area contributed by atoms with Crippen LogP contribution in [0.1, 0.15) is 6.92 Å². The Kier molecular flexibility index (Phi) is 5.13. The quantitative estimate of drug-likeness (QED) is 0.881. The number of aromatic nitrogens is 3. The predicted molar refractivity (Wildman–Crippen MR) is 79.7 cm³/mol. The smallest absolute Gasteiger partial charge is 0.322 e. The number of carbonyl (C=O) groups excluding carboxylic acids is 1. The van der Waals surface area contributed by atoms with E-state index in [0.29, 0.717) is 23.1 Å². The fourth-order valence-corrected chi connectivity index (χ4v) is 1.98. The van der Waals surface area contributed by atoms with Crippen LogP contribution in [0.4, 0.5) is 10.5 Å². The van der Waals surface area contributed by atoms with E-state index in [1.807, 2.05) is 6.92 Å². The van der Waals surface area contributed by atoms with E-state index in [1.165, 1.54) is 15.8 Å². The Hall–Kier alpha value is -2.12. The molecule has 2 N–H and O–H groups in total. The Bertz CT molecular complexity index is 616. The summed E-state index contributed by atoms with van der Waals surface area (Å²) in [5.41, 5.74) is 0.526. The van der Waals surface area contributed by atoms with Crippen molar-refractivity contribution in [3.8, 4) is 5.82 Å². The summed E-state index contributed by atoms with van der Waals surface area (Å²) in [6, 6.07) is 3.15. The first-order valence-electron chi connectivity index (χ1n) is 6.48. The Labute approximate surface area is 127 Å². The second-order valence-electron chi connectivity index (χ2n) is 4.22. The number of likely N-dealkylation sites (N-methyl/N-ethyl adjacent to an activating group) is 1. The molecule has 2 aromatic heterocycles. The largest absolute Gasteiger partial charge is 0.395 e. The second kappa shape index (κ2) is 7.05. The number of aliphatic hydroxyl groups excluding tert-OH is 1. The second-order valence-corrected chi connectivity index (χ2v) is 4.62. The zero-order valence-electron chi connectivity index (χ0n) is 11.5. The van der Waals surface area contributed by atoms with E-state index < -0.39 is 0 Å². The van der Waals surface area contributed by atoms with Crippen LogP contribution in [0, 0.1) is 0 Å². The highest BCUT2D eigenvalue weighted by atomic mass is 35.5. The molecule has 7 nitrogen and oxygen atoms in total. The van der Waals surface area contributed by atoms with Crippen LogP contribution in [0.15, 0.2) is 30.7 Å². The third kappa shape index (κ3) is 3.71. The van der Waals surface area contributed by atoms with Gasteiger partial charge in [-0.2, -0.15) is 5.10 Å². The molecule has 2 heterocycles. The third-order valence-corrected chi connectivity index (χ3v) is 3.12. The zero-order chi connectivity index (χ0) is 15.2. The first kappa shape index (κ1) is 15.3. The molecule has 0 unspecified atom stereocenters. The number of hydrogen-bond acceptors (Lipinski definition) is 4. The Balaban J connectivity index is 2.10. The van der Waals surface area contributed by atoms with Gasteiger partial charge >= 0.3 is 6.03 Å². The number of pyridine rings is 1. The van der Waals surface area contributed by atoms with Gasteiger partial charge in [-0.15, -0.1) is 0 Å². The molecular formula is C13H16ClN5O2. The number of halogens is 1. The van der Waals surface area contributed by atoms with E-state index in [4.69, 9.17) is 16.7 Å². The molecule has 0 atom stereocenters. The molecular weight excluding hydrogens is 294 g/mol. The summed E-state index contributed by atoms with van der Waals surface area (Å²) in [5.74, 6) is 0.488. The molecule has 8 heteroatoms. The molecule has 2 aromatic rings. The van der Waals surface area contributed by atoms with Crippen molar-refractivity contribution in [1.29, 1.82) is 0 Å². The van der Waals surface area contributed by atoms with Crippen molar-refractivity contribution in [3.05, 3.63) is 35.7 Å². The predicted octanol–water partition coefficient (Wildman–Crippen LogP) is 1.77. The van der Waals surface area contributed by atoms with Gasteiger partial charge in [0.05, 0.1) is 29.7 Å². The lowest BCUT2D eigenvalue weighted by molar-refractivity contribution is 0.192.